The highest BCUT2D eigenvalue weighted by Crippen LogP contribution is 2.46. The van der Waals surface area contributed by atoms with Gasteiger partial charge in [-0.1, -0.05) is 23.8 Å². The summed E-state index contributed by atoms with van der Waals surface area (Å²) in [5.74, 6) is -1.49. The van der Waals surface area contributed by atoms with Crippen LogP contribution >= 0.6 is 0 Å². The number of halogens is 4. The zero-order chi connectivity index (χ0) is 25.8. The molecule has 1 saturated heterocycles. The van der Waals surface area contributed by atoms with E-state index in [0.717, 1.165) is 73.3 Å². The summed E-state index contributed by atoms with van der Waals surface area (Å²) in [6, 6.07) is 13.3. The van der Waals surface area contributed by atoms with Crippen LogP contribution in [0, 0.1) is 5.92 Å². The molecule has 1 atom stereocenters. The third-order valence-electron chi connectivity index (χ3n) is 8.14. The summed E-state index contributed by atoms with van der Waals surface area (Å²) in [4.78, 5) is 6.24. The number of hydrogen-bond donors (Lipinski definition) is 0. The Balaban J connectivity index is 1.42. The number of rotatable bonds is 8. The van der Waals surface area contributed by atoms with E-state index in [1.807, 2.05) is 30.3 Å². The third-order valence-corrected chi connectivity index (χ3v) is 8.14. The van der Waals surface area contributed by atoms with Crippen molar-refractivity contribution in [1.82, 2.24) is 4.90 Å². The van der Waals surface area contributed by atoms with Crippen LogP contribution in [0.1, 0.15) is 68.1 Å². The predicted molar refractivity (Wildman–Crippen MR) is 137 cm³/mol. The van der Waals surface area contributed by atoms with Crippen molar-refractivity contribution in [3.8, 4) is 11.5 Å². The summed E-state index contributed by atoms with van der Waals surface area (Å²) in [6.45, 7) is 2.18. The maximum absolute atomic E-state index is 14.0. The summed E-state index contributed by atoms with van der Waals surface area (Å²) in [5.41, 5.74) is 5.38. The minimum absolute atomic E-state index is 0.0769. The number of alkyl halides is 3. The van der Waals surface area contributed by atoms with Gasteiger partial charge in [-0.25, -0.2) is 8.78 Å². The van der Waals surface area contributed by atoms with Gasteiger partial charge in [-0.15, -0.1) is 0 Å². The topological polar surface area (TPSA) is 21.7 Å². The van der Waals surface area contributed by atoms with Crippen LogP contribution in [-0.2, 0) is 6.42 Å². The highest BCUT2D eigenvalue weighted by atomic mass is 19.3. The average molecular weight is 518 g/mol. The Bertz CT molecular complexity index is 1090. The molecule has 3 nitrogen and oxygen atoms in total. The molecule has 1 unspecified atom stereocenters. The van der Waals surface area contributed by atoms with Gasteiger partial charge in [-0.2, -0.15) is 0 Å². The summed E-state index contributed by atoms with van der Waals surface area (Å²) < 4.78 is 59.6. The van der Waals surface area contributed by atoms with Crippen LogP contribution in [0.5, 0.6) is 11.5 Å². The van der Waals surface area contributed by atoms with Crippen molar-refractivity contribution in [2.24, 2.45) is 5.92 Å². The SMILES string of the molecule is FCCCN1CCC(Oc2ccc(C3=C(C4CCC(F)(F)CC4)CCCc4cc(OF)ccc43)cc2)C1. The lowest BCUT2D eigenvalue weighted by atomic mass is 9.77. The molecule has 2 aliphatic carbocycles. The quantitative estimate of drug-likeness (QED) is 0.335. The van der Waals surface area contributed by atoms with Gasteiger partial charge < -0.3 is 4.74 Å². The fraction of sp³-hybridized carbons (Fsp3) is 0.533. The highest BCUT2D eigenvalue weighted by molar-refractivity contribution is 5.85. The normalized spacial score (nSPS) is 22.5. The Morgan fingerprint density at radius 2 is 1.70 bits per heavy atom. The van der Waals surface area contributed by atoms with Gasteiger partial charge in [0.1, 0.15) is 11.9 Å². The molecular formula is C30H35F4NO2. The van der Waals surface area contributed by atoms with Gasteiger partial charge in [-0.3, -0.25) is 14.2 Å². The van der Waals surface area contributed by atoms with E-state index in [0.29, 0.717) is 19.3 Å². The Morgan fingerprint density at radius 3 is 2.43 bits per heavy atom. The largest absolute Gasteiger partial charge is 0.489 e. The number of likely N-dealkylation sites (tertiary alicyclic amines) is 1. The molecule has 0 radical (unpaired) electrons. The Hall–Kier alpha value is -2.54. The maximum atomic E-state index is 14.0. The van der Waals surface area contributed by atoms with Gasteiger partial charge in [0.2, 0.25) is 5.92 Å². The van der Waals surface area contributed by atoms with E-state index in [1.165, 1.54) is 5.57 Å². The number of benzene rings is 2. The van der Waals surface area contributed by atoms with Crippen LogP contribution in [-0.4, -0.2) is 43.2 Å². The first-order chi connectivity index (χ1) is 18.0. The summed E-state index contributed by atoms with van der Waals surface area (Å²) in [6.07, 6.45) is 4.87. The zero-order valence-corrected chi connectivity index (χ0v) is 21.2. The van der Waals surface area contributed by atoms with Crippen molar-refractivity contribution in [3.63, 3.8) is 0 Å². The van der Waals surface area contributed by atoms with E-state index in [2.05, 4.69) is 9.84 Å². The molecule has 5 rings (SSSR count). The molecule has 7 heteroatoms. The van der Waals surface area contributed by atoms with E-state index in [1.54, 1.807) is 12.1 Å². The van der Waals surface area contributed by atoms with Crippen LogP contribution in [0.2, 0.25) is 0 Å². The third kappa shape index (κ3) is 6.14. The van der Waals surface area contributed by atoms with Gasteiger partial charge >= 0.3 is 0 Å². The standard InChI is InChI=1S/C30H35F4NO2/c31-16-2-17-35-18-13-26(20-35)36-24-7-5-22(6-8-24)29-27(21-11-14-30(32,33)15-12-21)4-1-3-23-19-25(37-34)9-10-28(23)29/h5-10,19,21,26H,1-4,11-18,20H2. The van der Waals surface area contributed by atoms with Crippen molar-refractivity contribution in [2.45, 2.75) is 69.8 Å². The van der Waals surface area contributed by atoms with Gasteiger partial charge in [-0.05, 0) is 97.4 Å². The first-order valence-electron chi connectivity index (χ1n) is 13.5. The summed E-state index contributed by atoms with van der Waals surface area (Å²) in [7, 11) is 0. The molecule has 1 saturated carbocycles. The van der Waals surface area contributed by atoms with E-state index in [-0.39, 0.29) is 37.3 Å². The molecule has 200 valence electrons. The molecule has 0 amide bonds. The molecule has 0 spiro atoms. The summed E-state index contributed by atoms with van der Waals surface area (Å²) in [5, 5.41) is 0. The van der Waals surface area contributed by atoms with Crippen LogP contribution in [0.4, 0.5) is 17.7 Å². The molecule has 1 aliphatic heterocycles. The first-order valence-corrected chi connectivity index (χ1v) is 13.5. The average Bonchev–Trinajstić information content (AvgIpc) is 3.26. The molecule has 0 aromatic heterocycles. The molecule has 0 bridgehead atoms. The minimum Gasteiger partial charge on any atom is -0.489 e. The number of allylic oxidation sites excluding steroid dienone is 1. The molecule has 2 aromatic rings. The van der Waals surface area contributed by atoms with Crippen molar-refractivity contribution >= 4 is 5.57 Å². The van der Waals surface area contributed by atoms with Crippen LogP contribution < -0.4 is 9.68 Å². The minimum atomic E-state index is -2.58. The molecule has 2 aromatic carbocycles. The van der Waals surface area contributed by atoms with Crippen LogP contribution in [0.15, 0.2) is 48.0 Å². The Kier molecular flexibility index (Phi) is 8.08. The van der Waals surface area contributed by atoms with Crippen molar-refractivity contribution in [1.29, 1.82) is 0 Å². The van der Waals surface area contributed by atoms with Crippen LogP contribution in [0.3, 0.4) is 0 Å². The Labute approximate surface area is 216 Å². The van der Waals surface area contributed by atoms with E-state index < -0.39 is 5.92 Å². The number of hydrogen-bond acceptors (Lipinski definition) is 3. The number of nitrogens with zero attached hydrogens (tertiary/aromatic N) is 1. The monoisotopic (exact) mass is 517 g/mol. The lowest BCUT2D eigenvalue weighted by Crippen LogP contribution is -2.26. The second-order valence-corrected chi connectivity index (χ2v) is 10.7. The first kappa shape index (κ1) is 26.1. The molecular weight excluding hydrogens is 482 g/mol. The van der Waals surface area contributed by atoms with Gasteiger partial charge in [0, 0.05) is 37.0 Å². The van der Waals surface area contributed by atoms with Gasteiger partial charge in [0.15, 0.2) is 5.75 Å². The second-order valence-electron chi connectivity index (χ2n) is 10.7. The molecule has 1 heterocycles. The van der Waals surface area contributed by atoms with E-state index >= 15 is 0 Å². The lowest BCUT2D eigenvalue weighted by molar-refractivity contribution is -0.0423. The van der Waals surface area contributed by atoms with Crippen LogP contribution in [0.25, 0.3) is 5.57 Å². The number of ether oxygens (including phenoxy) is 1. The molecule has 3 aliphatic rings. The Morgan fingerprint density at radius 1 is 0.946 bits per heavy atom. The summed E-state index contributed by atoms with van der Waals surface area (Å²) >= 11 is 0. The van der Waals surface area contributed by atoms with Gasteiger partial charge in [0.25, 0.3) is 0 Å². The fourth-order valence-electron chi connectivity index (χ4n) is 6.25. The van der Waals surface area contributed by atoms with Crippen molar-refractivity contribution in [3.05, 3.63) is 64.7 Å². The smallest absolute Gasteiger partial charge is 0.248 e. The van der Waals surface area contributed by atoms with Crippen molar-refractivity contribution in [2.75, 3.05) is 26.3 Å². The van der Waals surface area contributed by atoms with Crippen molar-refractivity contribution < 1.29 is 27.4 Å². The molecule has 2 fully saturated rings. The molecule has 37 heavy (non-hydrogen) atoms. The second kappa shape index (κ2) is 11.5. The zero-order valence-electron chi connectivity index (χ0n) is 21.2. The van der Waals surface area contributed by atoms with E-state index in [9.17, 15) is 17.7 Å². The highest BCUT2D eigenvalue weighted by Gasteiger charge is 2.37. The maximum Gasteiger partial charge on any atom is 0.248 e. The molecule has 0 N–H and O–H groups in total. The number of fused-ring (bicyclic) bond motifs is 1. The van der Waals surface area contributed by atoms with E-state index in [4.69, 9.17) is 4.74 Å². The lowest BCUT2D eigenvalue weighted by Gasteiger charge is -2.31. The number of aryl methyl sites for hydroxylation is 1. The predicted octanol–water partition coefficient (Wildman–Crippen LogP) is 7.73. The van der Waals surface area contributed by atoms with Gasteiger partial charge in [0.05, 0.1) is 6.67 Å². The fourth-order valence-corrected chi connectivity index (χ4v) is 6.25.